The van der Waals surface area contributed by atoms with Crippen LogP contribution >= 0.6 is 11.3 Å². The lowest BCUT2D eigenvalue weighted by atomic mass is 10.1. The fourth-order valence-corrected chi connectivity index (χ4v) is 3.25. The summed E-state index contributed by atoms with van der Waals surface area (Å²) in [6, 6.07) is 8.22. The van der Waals surface area contributed by atoms with Crippen molar-refractivity contribution in [1.82, 2.24) is 19.7 Å². The van der Waals surface area contributed by atoms with Crippen molar-refractivity contribution in [1.29, 1.82) is 0 Å². The quantitative estimate of drug-likeness (QED) is 0.582. The normalized spacial score (nSPS) is 11.4. The Morgan fingerprint density at radius 3 is 2.90 bits per heavy atom. The molecule has 4 aromatic rings. The molecule has 20 heavy (non-hydrogen) atoms. The van der Waals surface area contributed by atoms with Crippen LogP contribution < -0.4 is 5.73 Å². The smallest absolute Gasteiger partial charge is 0.165 e. The first kappa shape index (κ1) is 11.4. The number of nitrogens with two attached hydrogens (primary N) is 1. The van der Waals surface area contributed by atoms with Crippen molar-refractivity contribution < 1.29 is 0 Å². The third-order valence-electron chi connectivity index (χ3n) is 3.34. The van der Waals surface area contributed by atoms with Crippen LogP contribution in [0.5, 0.6) is 0 Å². The van der Waals surface area contributed by atoms with Crippen LogP contribution in [-0.4, -0.2) is 19.7 Å². The maximum Gasteiger partial charge on any atom is 0.165 e. The molecule has 0 bridgehead atoms. The van der Waals surface area contributed by atoms with E-state index in [4.69, 9.17) is 5.73 Å². The van der Waals surface area contributed by atoms with Crippen molar-refractivity contribution in [2.45, 2.75) is 0 Å². The second-order valence-electron chi connectivity index (χ2n) is 4.58. The molecule has 0 fully saturated rings. The van der Waals surface area contributed by atoms with Gasteiger partial charge in [0.05, 0.1) is 11.6 Å². The van der Waals surface area contributed by atoms with Gasteiger partial charge < -0.3 is 5.73 Å². The van der Waals surface area contributed by atoms with Gasteiger partial charge in [-0.05, 0) is 6.07 Å². The maximum atomic E-state index is 6.02. The van der Waals surface area contributed by atoms with Gasteiger partial charge in [0.15, 0.2) is 11.5 Å². The lowest BCUT2D eigenvalue weighted by Crippen LogP contribution is -1.99. The molecular weight excluding hydrogens is 270 g/mol. The fourth-order valence-electron chi connectivity index (χ4n) is 2.32. The topological polar surface area (TPSA) is 69.6 Å². The Morgan fingerprint density at radius 2 is 2.00 bits per heavy atom. The van der Waals surface area contributed by atoms with E-state index in [0.29, 0.717) is 11.6 Å². The van der Waals surface area contributed by atoms with Gasteiger partial charge in [-0.1, -0.05) is 18.2 Å². The lowest BCUT2D eigenvalue weighted by Gasteiger charge is -2.02. The lowest BCUT2D eigenvalue weighted by molar-refractivity contribution is 0.786. The van der Waals surface area contributed by atoms with E-state index in [9.17, 15) is 0 Å². The zero-order chi connectivity index (χ0) is 13.7. The number of fused-ring (bicyclic) bond motifs is 2. The largest absolute Gasteiger partial charge is 0.383 e. The average molecular weight is 281 g/mol. The Balaban J connectivity index is 2.04. The van der Waals surface area contributed by atoms with Gasteiger partial charge in [-0.2, -0.15) is 5.10 Å². The van der Waals surface area contributed by atoms with Crippen molar-refractivity contribution in [3.05, 3.63) is 35.8 Å². The first-order valence-electron chi connectivity index (χ1n) is 6.16. The van der Waals surface area contributed by atoms with Crippen LogP contribution in [0.25, 0.3) is 32.5 Å². The number of thiophene rings is 1. The van der Waals surface area contributed by atoms with Crippen LogP contribution in [0.3, 0.4) is 0 Å². The van der Waals surface area contributed by atoms with Crippen molar-refractivity contribution in [3.63, 3.8) is 0 Å². The van der Waals surface area contributed by atoms with Gasteiger partial charge in [0, 0.05) is 28.1 Å². The van der Waals surface area contributed by atoms with Gasteiger partial charge in [0.25, 0.3) is 0 Å². The Kier molecular flexibility index (Phi) is 2.28. The molecule has 0 aliphatic carbocycles. The number of rotatable bonds is 1. The van der Waals surface area contributed by atoms with E-state index in [1.165, 1.54) is 4.70 Å². The summed E-state index contributed by atoms with van der Waals surface area (Å²) < 4.78 is 2.93. The first-order chi connectivity index (χ1) is 9.74. The molecule has 0 unspecified atom stereocenters. The summed E-state index contributed by atoms with van der Waals surface area (Å²) in [5.74, 6) is 1.12. The second-order valence-corrected chi connectivity index (χ2v) is 5.49. The number of hydrogen-bond acceptors (Lipinski definition) is 5. The van der Waals surface area contributed by atoms with Gasteiger partial charge in [0.2, 0.25) is 0 Å². The van der Waals surface area contributed by atoms with E-state index in [0.717, 1.165) is 22.0 Å². The summed E-state index contributed by atoms with van der Waals surface area (Å²) in [6.07, 6.45) is 1.69. The number of hydrogen-bond donors (Lipinski definition) is 1. The van der Waals surface area contributed by atoms with Crippen LogP contribution in [0.4, 0.5) is 5.82 Å². The molecule has 2 N–H and O–H groups in total. The standard InChI is InChI=1S/C14H11N5S/c1-19-14-9(6-16-19)12(15)17-13(18-14)10-7-20-11-5-3-2-4-8(10)11/h2-7H,1H3,(H2,15,17,18). The Hall–Kier alpha value is -2.47. The molecule has 0 aliphatic heterocycles. The van der Waals surface area contributed by atoms with Gasteiger partial charge >= 0.3 is 0 Å². The van der Waals surface area contributed by atoms with Crippen LogP contribution in [-0.2, 0) is 7.05 Å². The summed E-state index contributed by atoms with van der Waals surface area (Å²) in [6.45, 7) is 0. The second kappa shape index (κ2) is 4.01. The van der Waals surface area contributed by atoms with E-state index >= 15 is 0 Å². The van der Waals surface area contributed by atoms with Crippen LogP contribution in [0.15, 0.2) is 35.8 Å². The van der Waals surface area contributed by atoms with Gasteiger partial charge in [0.1, 0.15) is 5.82 Å². The summed E-state index contributed by atoms with van der Waals surface area (Å²) in [4.78, 5) is 9.03. The van der Waals surface area contributed by atoms with E-state index in [2.05, 4.69) is 32.6 Å². The molecule has 0 atom stereocenters. The molecule has 3 aromatic heterocycles. The average Bonchev–Trinajstić information content (AvgIpc) is 3.03. The molecule has 0 aliphatic rings. The Labute approximate surface area is 118 Å². The number of nitrogen functional groups attached to an aromatic ring is 1. The number of anilines is 1. The molecule has 3 heterocycles. The van der Waals surface area contributed by atoms with E-state index in [1.54, 1.807) is 22.2 Å². The predicted molar refractivity (Wildman–Crippen MR) is 81.5 cm³/mol. The van der Waals surface area contributed by atoms with Crippen molar-refractivity contribution in [3.8, 4) is 11.4 Å². The predicted octanol–water partition coefficient (Wildman–Crippen LogP) is 2.83. The highest BCUT2D eigenvalue weighted by Crippen LogP contribution is 2.33. The van der Waals surface area contributed by atoms with Gasteiger partial charge in [-0.3, -0.25) is 4.68 Å². The summed E-state index contributed by atoms with van der Waals surface area (Å²) in [7, 11) is 1.85. The van der Waals surface area contributed by atoms with Gasteiger partial charge in [-0.15, -0.1) is 11.3 Å². The highest BCUT2D eigenvalue weighted by molar-refractivity contribution is 7.17. The number of benzene rings is 1. The summed E-state index contributed by atoms with van der Waals surface area (Å²) >= 11 is 1.68. The number of aryl methyl sites for hydroxylation is 1. The minimum Gasteiger partial charge on any atom is -0.383 e. The third kappa shape index (κ3) is 1.51. The summed E-state index contributed by atoms with van der Waals surface area (Å²) in [5, 5.41) is 8.19. The van der Waals surface area contributed by atoms with E-state index in [1.807, 2.05) is 19.2 Å². The molecule has 6 heteroatoms. The zero-order valence-corrected chi connectivity index (χ0v) is 11.6. The molecule has 1 aromatic carbocycles. The minimum atomic E-state index is 0.466. The molecule has 98 valence electrons. The third-order valence-corrected chi connectivity index (χ3v) is 4.31. The highest BCUT2D eigenvalue weighted by atomic mass is 32.1. The first-order valence-corrected chi connectivity index (χ1v) is 7.04. The summed E-state index contributed by atoms with van der Waals surface area (Å²) in [5.41, 5.74) is 7.79. The number of aromatic nitrogens is 4. The molecule has 0 saturated heterocycles. The van der Waals surface area contributed by atoms with Crippen LogP contribution in [0.1, 0.15) is 0 Å². The van der Waals surface area contributed by atoms with E-state index in [-0.39, 0.29) is 0 Å². The molecule has 0 saturated carbocycles. The van der Waals surface area contributed by atoms with Crippen molar-refractivity contribution in [2.24, 2.45) is 7.05 Å². The fraction of sp³-hybridized carbons (Fsp3) is 0.0714. The Bertz CT molecular complexity index is 937. The molecule has 5 nitrogen and oxygen atoms in total. The van der Waals surface area contributed by atoms with Crippen molar-refractivity contribution in [2.75, 3.05) is 5.73 Å². The van der Waals surface area contributed by atoms with Gasteiger partial charge in [-0.25, -0.2) is 9.97 Å². The van der Waals surface area contributed by atoms with Crippen molar-refractivity contribution >= 4 is 38.3 Å². The minimum absolute atomic E-state index is 0.466. The highest BCUT2D eigenvalue weighted by Gasteiger charge is 2.13. The maximum absolute atomic E-state index is 6.02. The van der Waals surface area contributed by atoms with Crippen LogP contribution in [0.2, 0.25) is 0 Å². The monoisotopic (exact) mass is 281 g/mol. The van der Waals surface area contributed by atoms with Crippen LogP contribution in [0, 0.1) is 0 Å². The molecule has 0 spiro atoms. The Morgan fingerprint density at radius 1 is 1.15 bits per heavy atom. The SMILES string of the molecule is Cn1ncc2c(N)nc(-c3csc4ccccc34)nc21. The molecular formula is C14H11N5S. The van der Waals surface area contributed by atoms with E-state index < -0.39 is 0 Å². The zero-order valence-electron chi connectivity index (χ0n) is 10.7. The molecule has 0 radical (unpaired) electrons. The number of nitrogens with zero attached hydrogens (tertiary/aromatic N) is 4. The molecule has 0 amide bonds. The molecule has 4 rings (SSSR count).